The van der Waals surface area contributed by atoms with Crippen LogP contribution in [0.5, 0.6) is 5.75 Å². The standard InChI is InChI=1S/C15H23N3O2/c1-3-18-8-6-11(7-9-18)17(2)15(20)13-10-12(19)4-5-14(13)16/h4-5,10-11,19H,3,6-9,16H2,1-2H3. The Labute approximate surface area is 120 Å². The number of amides is 1. The zero-order valence-electron chi connectivity index (χ0n) is 12.2. The molecule has 0 saturated carbocycles. The molecule has 0 unspecified atom stereocenters. The van der Waals surface area contributed by atoms with Crippen molar-refractivity contribution in [2.24, 2.45) is 0 Å². The Bertz CT molecular complexity index is 482. The van der Waals surface area contributed by atoms with E-state index >= 15 is 0 Å². The Kier molecular flexibility index (Phi) is 4.49. The first-order valence-electron chi connectivity index (χ1n) is 7.11. The van der Waals surface area contributed by atoms with E-state index in [2.05, 4.69) is 11.8 Å². The van der Waals surface area contributed by atoms with E-state index in [0.29, 0.717) is 11.3 Å². The number of nitrogen functional groups attached to an aromatic ring is 1. The number of rotatable bonds is 3. The Morgan fingerprint density at radius 1 is 1.45 bits per heavy atom. The van der Waals surface area contributed by atoms with Crippen molar-refractivity contribution in [2.45, 2.75) is 25.8 Å². The van der Waals surface area contributed by atoms with Gasteiger partial charge in [0, 0.05) is 31.9 Å². The van der Waals surface area contributed by atoms with Gasteiger partial charge in [0.1, 0.15) is 5.75 Å². The van der Waals surface area contributed by atoms with Gasteiger partial charge in [-0.2, -0.15) is 0 Å². The van der Waals surface area contributed by atoms with E-state index in [9.17, 15) is 9.90 Å². The number of likely N-dealkylation sites (tertiary alicyclic amines) is 1. The minimum Gasteiger partial charge on any atom is -0.508 e. The molecule has 0 aromatic heterocycles. The molecule has 1 aliphatic rings. The van der Waals surface area contributed by atoms with Crippen LogP contribution in [0.4, 0.5) is 5.69 Å². The van der Waals surface area contributed by atoms with E-state index in [4.69, 9.17) is 5.73 Å². The number of hydrogen-bond donors (Lipinski definition) is 2. The molecule has 1 aromatic carbocycles. The summed E-state index contributed by atoms with van der Waals surface area (Å²) in [5.41, 5.74) is 6.62. The molecule has 3 N–H and O–H groups in total. The lowest BCUT2D eigenvalue weighted by Crippen LogP contribution is -2.45. The average molecular weight is 277 g/mol. The average Bonchev–Trinajstić information content (AvgIpc) is 2.48. The number of carbonyl (C=O) groups is 1. The summed E-state index contributed by atoms with van der Waals surface area (Å²) in [6.45, 7) is 5.26. The smallest absolute Gasteiger partial charge is 0.256 e. The van der Waals surface area contributed by atoms with Crippen LogP contribution in [0.15, 0.2) is 18.2 Å². The number of hydrogen-bond acceptors (Lipinski definition) is 4. The van der Waals surface area contributed by atoms with Crippen molar-refractivity contribution in [3.8, 4) is 5.75 Å². The quantitative estimate of drug-likeness (QED) is 0.649. The number of phenols is 1. The summed E-state index contributed by atoms with van der Waals surface area (Å²) in [7, 11) is 1.82. The third-order valence-electron chi connectivity index (χ3n) is 4.14. The van der Waals surface area contributed by atoms with Crippen molar-refractivity contribution in [1.82, 2.24) is 9.80 Å². The lowest BCUT2D eigenvalue weighted by atomic mass is 10.0. The van der Waals surface area contributed by atoms with Crippen LogP contribution >= 0.6 is 0 Å². The Balaban J connectivity index is 2.07. The van der Waals surface area contributed by atoms with Crippen LogP contribution in [0.25, 0.3) is 0 Å². The topological polar surface area (TPSA) is 69.8 Å². The Morgan fingerprint density at radius 3 is 2.70 bits per heavy atom. The summed E-state index contributed by atoms with van der Waals surface area (Å²) in [5, 5.41) is 9.51. The number of aromatic hydroxyl groups is 1. The first-order chi connectivity index (χ1) is 9.52. The summed E-state index contributed by atoms with van der Waals surface area (Å²) < 4.78 is 0. The molecule has 5 heteroatoms. The number of anilines is 1. The van der Waals surface area contributed by atoms with Crippen molar-refractivity contribution in [3.05, 3.63) is 23.8 Å². The Hall–Kier alpha value is -1.75. The summed E-state index contributed by atoms with van der Waals surface area (Å²) in [5.74, 6) is -0.0508. The van der Waals surface area contributed by atoms with Crippen LogP contribution in [0.2, 0.25) is 0 Å². The number of nitrogens with two attached hydrogens (primary N) is 1. The molecular weight excluding hydrogens is 254 g/mol. The summed E-state index contributed by atoms with van der Waals surface area (Å²) >= 11 is 0. The minimum atomic E-state index is -0.117. The van der Waals surface area contributed by atoms with Gasteiger partial charge in [-0.3, -0.25) is 4.79 Å². The third-order valence-corrected chi connectivity index (χ3v) is 4.14. The number of piperidine rings is 1. The number of phenolic OH excluding ortho intramolecular Hbond substituents is 1. The number of benzene rings is 1. The second-order valence-electron chi connectivity index (χ2n) is 5.35. The van der Waals surface area contributed by atoms with Gasteiger partial charge in [0.05, 0.1) is 5.56 Å². The van der Waals surface area contributed by atoms with Gasteiger partial charge in [0.2, 0.25) is 0 Å². The van der Waals surface area contributed by atoms with Crippen molar-refractivity contribution in [2.75, 3.05) is 32.4 Å². The van der Waals surface area contributed by atoms with Crippen LogP contribution < -0.4 is 5.73 Å². The first-order valence-corrected chi connectivity index (χ1v) is 7.11. The Morgan fingerprint density at radius 2 is 2.10 bits per heavy atom. The highest BCUT2D eigenvalue weighted by molar-refractivity contribution is 5.99. The fourth-order valence-electron chi connectivity index (χ4n) is 2.71. The summed E-state index contributed by atoms with van der Waals surface area (Å²) in [6, 6.07) is 4.74. The van der Waals surface area contributed by atoms with E-state index in [-0.39, 0.29) is 17.7 Å². The number of nitrogens with zero attached hydrogens (tertiary/aromatic N) is 2. The predicted octanol–water partition coefficient (Wildman–Crippen LogP) is 1.53. The van der Waals surface area contributed by atoms with Gasteiger partial charge < -0.3 is 20.6 Å². The molecule has 1 aromatic rings. The normalized spacial score (nSPS) is 17.1. The molecule has 110 valence electrons. The SMILES string of the molecule is CCN1CCC(N(C)C(=O)c2cc(O)ccc2N)CC1. The molecule has 0 aliphatic carbocycles. The van der Waals surface area contributed by atoms with Gasteiger partial charge in [-0.1, -0.05) is 6.92 Å². The van der Waals surface area contributed by atoms with Gasteiger partial charge in [0.15, 0.2) is 0 Å². The molecule has 20 heavy (non-hydrogen) atoms. The van der Waals surface area contributed by atoms with Gasteiger partial charge >= 0.3 is 0 Å². The number of carbonyl (C=O) groups excluding carboxylic acids is 1. The third kappa shape index (κ3) is 3.04. The molecule has 0 bridgehead atoms. The van der Waals surface area contributed by atoms with Crippen LogP contribution in [0.1, 0.15) is 30.1 Å². The monoisotopic (exact) mass is 277 g/mol. The maximum Gasteiger partial charge on any atom is 0.256 e. The van der Waals surface area contributed by atoms with E-state index in [0.717, 1.165) is 32.5 Å². The fourth-order valence-corrected chi connectivity index (χ4v) is 2.71. The fraction of sp³-hybridized carbons (Fsp3) is 0.533. The van der Waals surface area contributed by atoms with Gasteiger partial charge in [-0.05, 0) is 37.6 Å². The molecular formula is C15H23N3O2. The summed E-state index contributed by atoms with van der Waals surface area (Å²) in [4.78, 5) is 16.6. The molecule has 0 radical (unpaired) electrons. The first kappa shape index (κ1) is 14.7. The van der Waals surface area contributed by atoms with Gasteiger partial charge in [0.25, 0.3) is 5.91 Å². The van der Waals surface area contributed by atoms with Crippen molar-refractivity contribution < 1.29 is 9.90 Å². The van der Waals surface area contributed by atoms with Gasteiger partial charge in [-0.25, -0.2) is 0 Å². The van der Waals surface area contributed by atoms with Crippen molar-refractivity contribution in [3.63, 3.8) is 0 Å². The highest BCUT2D eigenvalue weighted by Gasteiger charge is 2.26. The molecule has 0 spiro atoms. The van der Waals surface area contributed by atoms with E-state index in [1.54, 1.807) is 11.0 Å². The molecule has 1 amide bonds. The van der Waals surface area contributed by atoms with Crippen LogP contribution in [-0.2, 0) is 0 Å². The van der Waals surface area contributed by atoms with Crippen LogP contribution in [0.3, 0.4) is 0 Å². The molecule has 0 atom stereocenters. The molecule has 1 fully saturated rings. The highest BCUT2D eigenvalue weighted by atomic mass is 16.3. The maximum atomic E-state index is 12.5. The van der Waals surface area contributed by atoms with Crippen molar-refractivity contribution in [1.29, 1.82) is 0 Å². The highest BCUT2D eigenvalue weighted by Crippen LogP contribution is 2.23. The second kappa shape index (κ2) is 6.13. The summed E-state index contributed by atoms with van der Waals surface area (Å²) in [6.07, 6.45) is 1.96. The molecule has 1 aliphatic heterocycles. The molecule has 5 nitrogen and oxygen atoms in total. The largest absolute Gasteiger partial charge is 0.508 e. The minimum absolute atomic E-state index is 0.0664. The molecule has 2 rings (SSSR count). The second-order valence-corrected chi connectivity index (χ2v) is 5.35. The van der Waals surface area contributed by atoms with E-state index < -0.39 is 0 Å². The van der Waals surface area contributed by atoms with Crippen molar-refractivity contribution >= 4 is 11.6 Å². The lowest BCUT2D eigenvalue weighted by molar-refractivity contribution is 0.0647. The predicted molar refractivity (Wildman–Crippen MR) is 79.7 cm³/mol. The van der Waals surface area contributed by atoms with Crippen LogP contribution in [0, 0.1) is 0 Å². The van der Waals surface area contributed by atoms with E-state index in [1.165, 1.54) is 12.1 Å². The zero-order valence-corrected chi connectivity index (χ0v) is 12.2. The molecule has 1 heterocycles. The lowest BCUT2D eigenvalue weighted by Gasteiger charge is -2.36. The van der Waals surface area contributed by atoms with Gasteiger partial charge in [-0.15, -0.1) is 0 Å². The van der Waals surface area contributed by atoms with Crippen LogP contribution in [-0.4, -0.2) is 53.5 Å². The molecule has 1 saturated heterocycles. The van der Waals surface area contributed by atoms with E-state index in [1.807, 2.05) is 7.05 Å². The maximum absolute atomic E-state index is 12.5. The zero-order chi connectivity index (χ0) is 14.7.